The summed E-state index contributed by atoms with van der Waals surface area (Å²) < 4.78 is 65.3. The Balaban J connectivity index is 1.90. The summed E-state index contributed by atoms with van der Waals surface area (Å²) in [7, 11) is 0. The van der Waals surface area contributed by atoms with E-state index in [-0.39, 0.29) is 53.5 Å². The molecule has 11 heteroatoms. The van der Waals surface area contributed by atoms with E-state index in [2.05, 4.69) is 20.7 Å². The first-order valence-corrected chi connectivity index (χ1v) is 9.22. The Labute approximate surface area is 172 Å². The predicted molar refractivity (Wildman–Crippen MR) is 98.2 cm³/mol. The number of imide groups is 1. The summed E-state index contributed by atoms with van der Waals surface area (Å²) in [6, 6.07) is 2.29. The quantitative estimate of drug-likeness (QED) is 0.304. The highest BCUT2D eigenvalue weighted by Gasteiger charge is 2.36. The van der Waals surface area contributed by atoms with E-state index in [1.807, 2.05) is 0 Å². The minimum Gasteiger partial charge on any atom is -0.490 e. The van der Waals surface area contributed by atoms with Crippen LogP contribution < -0.4 is 9.64 Å². The third-order valence-electron chi connectivity index (χ3n) is 3.98. The van der Waals surface area contributed by atoms with Crippen LogP contribution in [0.1, 0.15) is 13.8 Å². The van der Waals surface area contributed by atoms with Crippen LogP contribution in [0.4, 0.5) is 23.2 Å². The van der Waals surface area contributed by atoms with Crippen molar-refractivity contribution in [2.24, 2.45) is 0 Å². The number of amides is 2. The highest BCUT2D eigenvalue weighted by Crippen LogP contribution is 2.36. The highest BCUT2D eigenvalue weighted by molar-refractivity contribution is 9.10. The topological polar surface area (TPSA) is 65.1 Å². The summed E-state index contributed by atoms with van der Waals surface area (Å²) in [4.78, 5) is 25.2. The Kier molecular flexibility index (Phi) is 7.78. The smallest absolute Gasteiger partial charge is 0.411 e. The molecule has 0 aliphatic carbocycles. The van der Waals surface area contributed by atoms with Crippen LogP contribution in [-0.2, 0) is 19.1 Å². The monoisotopic (exact) mass is 483 g/mol. The number of benzene rings is 1. The fraction of sp³-hybridized carbons (Fsp3) is 0.444. The van der Waals surface area contributed by atoms with Gasteiger partial charge in [0.05, 0.1) is 30.0 Å². The Morgan fingerprint density at radius 1 is 0.966 bits per heavy atom. The largest absolute Gasteiger partial charge is 0.490 e. The average molecular weight is 484 g/mol. The first-order chi connectivity index (χ1) is 13.5. The van der Waals surface area contributed by atoms with Crippen LogP contribution in [-0.4, -0.2) is 51.0 Å². The zero-order chi connectivity index (χ0) is 21.8. The zero-order valence-corrected chi connectivity index (χ0v) is 17.2. The standard InChI is InChI=1S/C18H18BrF4NO5/c1-10-11(2)17(26)24(16(10)25)14-8-15(12(19)7-13(14)20)29-6-5-27-3-4-28-9-18(21,22)23/h7-8H,3-6,9H2,1-2H3. The number of alkyl halides is 3. The van der Waals surface area contributed by atoms with Gasteiger partial charge in [0.25, 0.3) is 11.8 Å². The minimum absolute atomic E-state index is 0.00113. The van der Waals surface area contributed by atoms with Crippen molar-refractivity contribution in [1.29, 1.82) is 0 Å². The molecule has 0 spiro atoms. The third kappa shape index (κ3) is 6.00. The summed E-state index contributed by atoms with van der Waals surface area (Å²) in [6.45, 7) is 1.38. The second kappa shape index (κ2) is 9.68. The lowest BCUT2D eigenvalue weighted by Crippen LogP contribution is -2.32. The predicted octanol–water partition coefficient (Wildman–Crippen LogP) is 3.77. The lowest BCUT2D eigenvalue weighted by atomic mass is 10.2. The van der Waals surface area contributed by atoms with Gasteiger partial charge in [-0.1, -0.05) is 0 Å². The molecule has 6 nitrogen and oxygen atoms in total. The Morgan fingerprint density at radius 3 is 2.10 bits per heavy atom. The maximum absolute atomic E-state index is 14.4. The number of anilines is 1. The van der Waals surface area contributed by atoms with Crippen molar-refractivity contribution in [3.05, 3.63) is 33.6 Å². The Bertz CT molecular complexity index is 801. The summed E-state index contributed by atoms with van der Waals surface area (Å²) in [5, 5.41) is 0. The van der Waals surface area contributed by atoms with E-state index in [1.165, 1.54) is 19.9 Å². The molecule has 1 heterocycles. The molecular weight excluding hydrogens is 466 g/mol. The van der Waals surface area contributed by atoms with Crippen molar-refractivity contribution in [2.75, 3.05) is 37.9 Å². The van der Waals surface area contributed by atoms with Crippen LogP contribution in [0.3, 0.4) is 0 Å². The maximum atomic E-state index is 14.4. The average Bonchev–Trinajstić information content (AvgIpc) is 2.81. The number of rotatable bonds is 9. The maximum Gasteiger partial charge on any atom is 0.411 e. The molecule has 0 fully saturated rings. The van der Waals surface area contributed by atoms with E-state index in [0.717, 1.165) is 11.0 Å². The molecule has 0 unspecified atom stereocenters. The van der Waals surface area contributed by atoms with Gasteiger partial charge in [0.1, 0.15) is 24.8 Å². The first kappa shape index (κ1) is 23.3. The molecule has 0 aromatic heterocycles. The molecule has 160 valence electrons. The molecule has 0 saturated heterocycles. The van der Waals surface area contributed by atoms with Gasteiger partial charge >= 0.3 is 6.18 Å². The Morgan fingerprint density at radius 2 is 1.52 bits per heavy atom. The summed E-state index contributed by atoms with van der Waals surface area (Å²) in [5.74, 6) is -1.84. The van der Waals surface area contributed by atoms with Crippen molar-refractivity contribution >= 4 is 33.4 Å². The van der Waals surface area contributed by atoms with Crippen molar-refractivity contribution in [3.63, 3.8) is 0 Å². The number of carbonyl (C=O) groups excluding carboxylic acids is 2. The fourth-order valence-corrected chi connectivity index (χ4v) is 2.82. The van der Waals surface area contributed by atoms with Gasteiger partial charge < -0.3 is 14.2 Å². The molecule has 0 atom stereocenters. The summed E-state index contributed by atoms with van der Waals surface area (Å²) in [6.07, 6.45) is -4.39. The summed E-state index contributed by atoms with van der Waals surface area (Å²) >= 11 is 3.13. The second-order valence-corrected chi connectivity index (χ2v) is 6.91. The lowest BCUT2D eigenvalue weighted by molar-refractivity contribution is -0.176. The molecule has 1 aliphatic heterocycles. The molecule has 1 aromatic carbocycles. The van der Waals surface area contributed by atoms with Crippen molar-refractivity contribution in [1.82, 2.24) is 0 Å². The van der Waals surface area contributed by atoms with Gasteiger partial charge in [-0.15, -0.1) is 0 Å². The zero-order valence-electron chi connectivity index (χ0n) is 15.6. The van der Waals surface area contributed by atoms with Crippen LogP contribution in [0.2, 0.25) is 0 Å². The van der Waals surface area contributed by atoms with E-state index in [4.69, 9.17) is 9.47 Å². The molecule has 0 bridgehead atoms. The normalized spacial score (nSPS) is 14.9. The van der Waals surface area contributed by atoms with Crippen molar-refractivity contribution in [2.45, 2.75) is 20.0 Å². The molecule has 1 aromatic rings. The van der Waals surface area contributed by atoms with E-state index < -0.39 is 30.4 Å². The van der Waals surface area contributed by atoms with Crippen LogP contribution in [0.15, 0.2) is 27.8 Å². The number of halogens is 5. The SMILES string of the molecule is CC1=C(C)C(=O)N(c2cc(OCCOCCOCC(F)(F)F)c(Br)cc2F)C1=O. The van der Waals surface area contributed by atoms with Crippen LogP contribution in [0.25, 0.3) is 0 Å². The second-order valence-electron chi connectivity index (χ2n) is 6.06. The fourth-order valence-electron chi connectivity index (χ4n) is 2.39. The number of hydrogen-bond acceptors (Lipinski definition) is 5. The van der Waals surface area contributed by atoms with Gasteiger partial charge in [0, 0.05) is 17.2 Å². The lowest BCUT2D eigenvalue weighted by Gasteiger charge is -2.18. The summed E-state index contributed by atoms with van der Waals surface area (Å²) in [5.41, 5.74) is 0.234. The number of nitrogens with zero attached hydrogens (tertiary/aromatic N) is 1. The van der Waals surface area contributed by atoms with Gasteiger partial charge in [-0.3, -0.25) is 9.59 Å². The number of carbonyl (C=O) groups is 2. The van der Waals surface area contributed by atoms with E-state index in [1.54, 1.807) is 0 Å². The number of hydrogen-bond donors (Lipinski definition) is 0. The molecule has 0 radical (unpaired) electrons. The molecule has 1 aliphatic rings. The van der Waals surface area contributed by atoms with E-state index >= 15 is 0 Å². The molecule has 2 amide bonds. The highest BCUT2D eigenvalue weighted by atomic mass is 79.9. The van der Waals surface area contributed by atoms with Crippen molar-refractivity contribution < 1.29 is 41.4 Å². The Hall–Kier alpha value is -1.98. The van der Waals surface area contributed by atoms with Gasteiger partial charge in [0.15, 0.2) is 0 Å². The van der Waals surface area contributed by atoms with Gasteiger partial charge in [-0.2, -0.15) is 13.2 Å². The molecule has 2 rings (SSSR count). The van der Waals surface area contributed by atoms with Crippen molar-refractivity contribution in [3.8, 4) is 5.75 Å². The van der Waals surface area contributed by atoms with E-state index in [0.29, 0.717) is 0 Å². The molecule has 0 N–H and O–H groups in total. The van der Waals surface area contributed by atoms with Crippen LogP contribution >= 0.6 is 15.9 Å². The third-order valence-corrected chi connectivity index (χ3v) is 4.60. The van der Waals surface area contributed by atoms with Crippen LogP contribution in [0.5, 0.6) is 5.75 Å². The molecular formula is C18H18BrF4NO5. The van der Waals surface area contributed by atoms with E-state index in [9.17, 15) is 27.2 Å². The van der Waals surface area contributed by atoms with Gasteiger partial charge in [-0.05, 0) is 35.8 Å². The molecule has 0 saturated carbocycles. The van der Waals surface area contributed by atoms with Gasteiger partial charge in [-0.25, -0.2) is 9.29 Å². The number of ether oxygens (including phenoxy) is 3. The first-order valence-electron chi connectivity index (χ1n) is 8.43. The molecule has 29 heavy (non-hydrogen) atoms. The van der Waals surface area contributed by atoms with Crippen LogP contribution in [0, 0.1) is 5.82 Å². The minimum atomic E-state index is -4.39. The van der Waals surface area contributed by atoms with Gasteiger partial charge in [0.2, 0.25) is 0 Å².